The molecule has 204 valence electrons. The predicted molar refractivity (Wildman–Crippen MR) is 158 cm³/mol. The van der Waals surface area contributed by atoms with Gasteiger partial charge in [0.25, 0.3) is 0 Å². The van der Waals surface area contributed by atoms with Crippen molar-refractivity contribution in [2.24, 2.45) is 0 Å². The molecule has 0 radical (unpaired) electrons. The first-order valence-corrected chi connectivity index (χ1v) is 14.9. The number of rotatable bonds is 26. The molecule has 0 aliphatic carbocycles. The van der Waals surface area contributed by atoms with Crippen molar-refractivity contribution in [2.45, 2.75) is 135 Å². The molecule has 0 bridgehead atoms. The van der Waals surface area contributed by atoms with E-state index in [0.29, 0.717) is 0 Å². The van der Waals surface area contributed by atoms with E-state index in [1.165, 1.54) is 70.6 Å². The number of unbranched alkanes of at least 4 members (excludes halogenated alkanes) is 12. The van der Waals surface area contributed by atoms with Crippen LogP contribution >= 0.6 is 0 Å². The molecule has 0 fully saturated rings. The fourth-order valence-electron chi connectivity index (χ4n) is 3.94. The fraction of sp³-hybridized carbons (Fsp3) is 0.618. The van der Waals surface area contributed by atoms with Crippen LogP contribution in [-0.4, -0.2) is 5.97 Å². The van der Waals surface area contributed by atoms with Gasteiger partial charge >= 0.3 is 0 Å². The van der Waals surface area contributed by atoms with Gasteiger partial charge in [-0.2, -0.15) is 0 Å². The van der Waals surface area contributed by atoms with Crippen LogP contribution in [0.5, 0.6) is 0 Å². The van der Waals surface area contributed by atoms with Crippen molar-refractivity contribution in [3.63, 3.8) is 0 Å². The van der Waals surface area contributed by atoms with Gasteiger partial charge in [0.1, 0.15) is 0 Å². The van der Waals surface area contributed by atoms with E-state index in [2.05, 4.69) is 79.8 Å². The summed E-state index contributed by atoms with van der Waals surface area (Å²) in [5.41, 5.74) is 0. The lowest BCUT2D eigenvalue weighted by atomic mass is 10.0. The maximum absolute atomic E-state index is 10.3. The standard InChI is InChI=1S/C34H56O2/c1-2-3-4-5-6-7-8-9-10-11-12-13-14-15-16-17-18-19-20-21-22-23-24-25-26-27-28-29-30-31-32-33-34(35)36/h3-4,6-7,9-10,12-13,15-16,18-19H,2,5,8,11,14,17,20-33H2,1H3,(H,35,36)/p-1/b4-3-,7-6-,10-9-,13-12-,16-15-,19-18-. The first kappa shape index (κ1) is 33.9. The average molecular weight is 496 g/mol. The van der Waals surface area contributed by atoms with Crippen LogP contribution in [0, 0.1) is 0 Å². The number of aliphatic carboxylic acids is 1. The lowest BCUT2D eigenvalue weighted by Gasteiger charge is -2.03. The molecule has 0 amide bonds. The van der Waals surface area contributed by atoms with Crippen LogP contribution in [0.1, 0.15) is 135 Å². The second kappa shape index (κ2) is 30.9. The van der Waals surface area contributed by atoms with Gasteiger partial charge in [-0.25, -0.2) is 0 Å². The highest BCUT2D eigenvalue weighted by atomic mass is 16.4. The van der Waals surface area contributed by atoms with Gasteiger partial charge in [0, 0.05) is 5.97 Å². The summed E-state index contributed by atoms with van der Waals surface area (Å²) < 4.78 is 0. The summed E-state index contributed by atoms with van der Waals surface area (Å²) in [5, 5.41) is 10.3. The third-order valence-electron chi connectivity index (χ3n) is 6.10. The minimum atomic E-state index is -0.910. The summed E-state index contributed by atoms with van der Waals surface area (Å²) in [6, 6.07) is 0. The molecular formula is C34H55O2-. The normalized spacial score (nSPS) is 12.7. The number of carboxylic acids is 1. The Morgan fingerprint density at radius 3 is 1.11 bits per heavy atom. The summed E-state index contributed by atoms with van der Waals surface area (Å²) in [5.74, 6) is -0.910. The van der Waals surface area contributed by atoms with Crippen molar-refractivity contribution in [3.05, 3.63) is 72.9 Å². The second-order valence-corrected chi connectivity index (χ2v) is 9.57. The van der Waals surface area contributed by atoms with E-state index in [1.807, 2.05) is 0 Å². The molecule has 36 heavy (non-hydrogen) atoms. The molecule has 0 atom stereocenters. The molecular weight excluding hydrogens is 440 g/mol. The van der Waals surface area contributed by atoms with Crippen LogP contribution < -0.4 is 5.11 Å². The monoisotopic (exact) mass is 495 g/mol. The molecule has 0 aromatic carbocycles. The van der Waals surface area contributed by atoms with Crippen LogP contribution in [0.15, 0.2) is 72.9 Å². The van der Waals surface area contributed by atoms with E-state index in [-0.39, 0.29) is 6.42 Å². The molecule has 0 N–H and O–H groups in total. The van der Waals surface area contributed by atoms with Crippen LogP contribution in [0.2, 0.25) is 0 Å². The quantitative estimate of drug-likeness (QED) is 0.0884. The second-order valence-electron chi connectivity index (χ2n) is 9.57. The summed E-state index contributed by atoms with van der Waals surface area (Å²) >= 11 is 0. The number of carboxylic acid groups (broad SMARTS) is 1. The zero-order valence-corrected chi connectivity index (χ0v) is 23.4. The minimum absolute atomic E-state index is 0.222. The highest BCUT2D eigenvalue weighted by molar-refractivity contribution is 5.64. The highest BCUT2D eigenvalue weighted by Gasteiger charge is 1.94. The largest absolute Gasteiger partial charge is 0.550 e. The number of hydrogen-bond acceptors (Lipinski definition) is 2. The van der Waals surface area contributed by atoms with Crippen LogP contribution in [0.3, 0.4) is 0 Å². The molecule has 0 aromatic heterocycles. The van der Waals surface area contributed by atoms with Crippen LogP contribution in [0.25, 0.3) is 0 Å². The Kier molecular flexibility index (Phi) is 29.1. The van der Waals surface area contributed by atoms with Gasteiger partial charge in [0.2, 0.25) is 0 Å². The zero-order valence-electron chi connectivity index (χ0n) is 23.4. The van der Waals surface area contributed by atoms with Crippen molar-refractivity contribution in [1.29, 1.82) is 0 Å². The van der Waals surface area contributed by atoms with Gasteiger partial charge in [-0.15, -0.1) is 0 Å². The highest BCUT2D eigenvalue weighted by Crippen LogP contribution is 2.13. The fourth-order valence-corrected chi connectivity index (χ4v) is 3.94. The molecule has 0 saturated carbocycles. The molecule has 0 saturated heterocycles. The van der Waals surface area contributed by atoms with Gasteiger partial charge < -0.3 is 9.90 Å². The van der Waals surface area contributed by atoms with Crippen molar-refractivity contribution < 1.29 is 9.90 Å². The van der Waals surface area contributed by atoms with E-state index < -0.39 is 5.97 Å². The van der Waals surface area contributed by atoms with Gasteiger partial charge in [-0.3, -0.25) is 0 Å². The summed E-state index contributed by atoms with van der Waals surface area (Å²) in [4.78, 5) is 10.3. The molecule has 0 spiro atoms. The van der Waals surface area contributed by atoms with E-state index in [0.717, 1.165) is 51.4 Å². The number of carbonyl (C=O) groups excluding carboxylic acids is 1. The molecule has 2 nitrogen and oxygen atoms in total. The van der Waals surface area contributed by atoms with Crippen LogP contribution in [0.4, 0.5) is 0 Å². The predicted octanol–water partition coefficient (Wildman–Crippen LogP) is 9.90. The lowest BCUT2D eigenvalue weighted by molar-refractivity contribution is -0.305. The third-order valence-corrected chi connectivity index (χ3v) is 6.10. The van der Waals surface area contributed by atoms with E-state index in [1.54, 1.807) is 0 Å². The Hall–Kier alpha value is -2.09. The molecule has 0 rings (SSSR count). The lowest BCUT2D eigenvalue weighted by Crippen LogP contribution is -2.21. The summed E-state index contributed by atoms with van der Waals surface area (Å²) in [7, 11) is 0. The first-order chi connectivity index (χ1) is 17.8. The van der Waals surface area contributed by atoms with E-state index in [4.69, 9.17) is 0 Å². The zero-order chi connectivity index (χ0) is 26.2. The Morgan fingerprint density at radius 2 is 0.750 bits per heavy atom. The maximum atomic E-state index is 10.3. The van der Waals surface area contributed by atoms with Crippen molar-refractivity contribution in [3.8, 4) is 0 Å². The third kappa shape index (κ3) is 31.9. The summed E-state index contributed by atoms with van der Waals surface area (Å²) in [6.45, 7) is 2.16. The average Bonchev–Trinajstić information content (AvgIpc) is 2.87. The molecule has 0 unspecified atom stereocenters. The Balaban J connectivity index is 3.33. The molecule has 2 heteroatoms. The van der Waals surface area contributed by atoms with Crippen molar-refractivity contribution >= 4 is 5.97 Å². The Labute approximate surface area is 224 Å². The SMILES string of the molecule is CC/C=C\C/C=C\C/C=C\C/C=C\C/C=C\C/C=C\CCCCCCCCCCCCCCC(=O)[O-]. The molecule has 0 aliphatic heterocycles. The van der Waals surface area contributed by atoms with Crippen LogP contribution in [-0.2, 0) is 4.79 Å². The first-order valence-electron chi connectivity index (χ1n) is 14.9. The maximum Gasteiger partial charge on any atom is 0.0414 e. The number of carbonyl (C=O) groups is 1. The van der Waals surface area contributed by atoms with Gasteiger partial charge in [-0.05, 0) is 64.2 Å². The molecule has 0 heterocycles. The van der Waals surface area contributed by atoms with E-state index >= 15 is 0 Å². The minimum Gasteiger partial charge on any atom is -0.550 e. The van der Waals surface area contributed by atoms with Gasteiger partial charge in [-0.1, -0.05) is 144 Å². The van der Waals surface area contributed by atoms with Crippen molar-refractivity contribution in [2.75, 3.05) is 0 Å². The topological polar surface area (TPSA) is 40.1 Å². The van der Waals surface area contributed by atoms with Gasteiger partial charge in [0.05, 0.1) is 0 Å². The molecule has 0 aliphatic rings. The number of hydrogen-bond donors (Lipinski definition) is 0. The Morgan fingerprint density at radius 1 is 0.444 bits per heavy atom. The smallest absolute Gasteiger partial charge is 0.0414 e. The van der Waals surface area contributed by atoms with Crippen molar-refractivity contribution in [1.82, 2.24) is 0 Å². The van der Waals surface area contributed by atoms with E-state index in [9.17, 15) is 9.90 Å². The molecule has 0 aromatic rings. The van der Waals surface area contributed by atoms with Gasteiger partial charge in [0.15, 0.2) is 0 Å². The number of allylic oxidation sites excluding steroid dienone is 12. The Bertz CT molecular complexity index is 634. The summed E-state index contributed by atoms with van der Waals surface area (Å²) in [6.07, 6.45) is 49.7.